The van der Waals surface area contributed by atoms with Gasteiger partial charge in [-0.25, -0.2) is 0 Å². The van der Waals surface area contributed by atoms with E-state index in [0.29, 0.717) is 5.92 Å². The number of rotatable bonds is 7. The van der Waals surface area contributed by atoms with Crippen LogP contribution in [0.4, 0.5) is 17.1 Å². The van der Waals surface area contributed by atoms with Crippen molar-refractivity contribution in [2.24, 2.45) is 0 Å². The number of fused-ring (bicyclic) bond motifs is 9. The number of hydrogen-bond acceptors (Lipinski definition) is 3. The Bertz CT molecular complexity index is 3570. The van der Waals surface area contributed by atoms with Crippen molar-refractivity contribution in [2.45, 2.75) is 12.3 Å². The summed E-state index contributed by atoms with van der Waals surface area (Å²) in [7, 11) is 0. The van der Waals surface area contributed by atoms with Gasteiger partial charge in [-0.1, -0.05) is 182 Å². The van der Waals surface area contributed by atoms with Gasteiger partial charge in [-0.05, 0) is 111 Å². The van der Waals surface area contributed by atoms with Gasteiger partial charge >= 0.3 is 0 Å². The normalized spacial score (nSPS) is 13.3. The molecule has 0 aliphatic heterocycles. The zero-order valence-electron chi connectivity index (χ0n) is 35.5. The van der Waals surface area contributed by atoms with Crippen LogP contribution in [0.25, 0.3) is 86.6 Å². The number of thiophene rings is 1. The van der Waals surface area contributed by atoms with Crippen LogP contribution >= 0.6 is 11.3 Å². The maximum atomic E-state index is 6.46. The number of para-hydroxylation sites is 2. The highest BCUT2D eigenvalue weighted by Gasteiger charge is 2.26. The summed E-state index contributed by atoms with van der Waals surface area (Å²) < 4.78 is 9.10. The average Bonchev–Trinajstić information content (AvgIpc) is 3.96. The summed E-state index contributed by atoms with van der Waals surface area (Å²) in [6.45, 7) is 0. The lowest BCUT2D eigenvalue weighted by molar-refractivity contribution is 0.670. The quantitative estimate of drug-likeness (QED) is 0.159. The van der Waals surface area contributed by atoms with Crippen LogP contribution in [-0.2, 0) is 6.42 Å². The van der Waals surface area contributed by atoms with Gasteiger partial charge in [-0.2, -0.15) is 0 Å². The molecule has 0 N–H and O–H groups in total. The van der Waals surface area contributed by atoms with E-state index >= 15 is 0 Å². The molecule has 0 amide bonds. The lowest BCUT2D eigenvalue weighted by Crippen LogP contribution is -2.12. The Labute approximate surface area is 381 Å². The number of hydrogen-bond donors (Lipinski definition) is 0. The summed E-state index contributed by atoms with van der Waals surface area (Å²) in [5, 5.41) is 4.90. The minimum Gasteiger partial charge on any atom is -0.455 e. The topological polar surface area (TPSA) is 16.4 Å². The second kappa shape index (κ2) is 15.4. The molecule has 1 unspecified atom stereocenters. The van der Waals surface area contributed by atoms with Crippen LogP contribution in [0.5, 0.6) is 0 Å². The first-order valence-electron chi connectivity index (χ1n) is 22.4. The molecule has 0 fully saturated rings. The third-order valence-corrected chi connectivity index (χ3v) is 14.7. The van der Waals surface area contributed by atoms with Crippen molar-refractivity contribution in [3.63, 3.8) is 0 Å². The van der Waals surface area contributed by atoms with Crippen molar-refractivity contribution in [1.82, 2.24) is 0 Å². The van der Waals surface area contributed by atoms with Crippen molar-refractivity contribution in [3.8, 4) is 44.5 Å². The highest BCUT2D eigenvalue weighted by atomic mass is 32.1. The summed E-state index contributed by atoms with van der Waals surface area (Å²) in [5.41, 5.74) is 19.1. The molecule has 3 heteroatoms. The molecule has 10 aromatic carbocycles. The molecule has 2 aromatic heterocycles. The Kier molecular flexibility index (Phi) is 8.89. The van der Waals surface area contributed by atoms with E-state index in [9.17, 15) is 0 Å². The molecule has 0 radical (unpaired) electrons. The van der Waals surface area contributed by atoms with Gasteiger partial charge in [0.25, 0.3) is 0 Å². The van der Waals surface area contributed by atoms with Crippen LogP contribution in [-0.4, -0.2) is 0 Å². The smallest absolute Gasteiger partial charge is 0.143 e. The Balaban J connectivity index is 0.879. The second-order valence-corrected chi connectivity index (χ2v) is 18.2. The molecular formula is C62H41NOS. The zero-order chi connectivity index (χ0) is 42.8. The fourth-order valence-corrected chi connectivity index (χ4v) is 11.6. The lowest BCUT2D eigenvalue weighted by atomic mass is 9.75. The highest BCUT2D eigenvalue weighted by Crippen LogP contribution is 2.46. The van der Waals surface area contributed by atoms with E-state index in [1.54, 1.807) is 0 Å². The first kappa shape index (κ1) is 37.6. The molecule has 12 aromatic rings. The summed E-state index contributed by atoms with van der Waals surface area (Å²) in [5.74, 6) is 0.327. The van der Waals surface area contributed by atoms with Gasteiger partial charge < -0.3 is 9.32 Å². The van der Waals surface area contributed by atoms with Crippen LogP contribution in [0.1, 0.15) is 22.6 Å². The SMILES string of the molecule is c1ccc(C2Cc3cc(-c4ccc(N(c5ccc(-c6cccc7c6oc6ccccc67)cc5)c5ccc(-c6cccc7c6sc6ccccc67)cc5)cc4)ccc3-c3ccccc32)cc1. The number of anilines is 3. The standard InChI is InChI=1S/C62H41NOS/c1-2-12-41(13-3-1)58-39-45-38-44(30-37-49(45)52-14-4-5-15-53(52)58)40-24-31-46(32-25-40)63(47-33-26-42(27-34-47)50-18-10-20-56-54-16-6-8-22-59(54)64-61(50)56)48-35-28-43(29-36-48)51-19-11-21-57-55-17-7-9-23-60(55)65-62(51)57/h1-38,58H,39H2. The molecule has 0 saturated heterocycles. The van der Waals surface area contributed by atoms with Crippen molar-refractivity contribution in [2.75, 3.05) is 4.90 Å². The van der Waals surface area contributed by atoms with E-state index in [1.165, 1.54) is 70.2 Å². The van der Waals surface area contributed by atoms with E-state index in [4.69, 9.17) is 4.42 Å². The van der Waals surface area contributed by atoms with Crippen molar-refractivity contribution < 1.29 is 4.42 Å². The Hall–Kier alpha value is -7.98. The summed E-state index contributed by atoms with van der Waals surface area (Å²) in [4.78, 5) is 2.37. The third-order valence-electron chi connectivity index (χ3n) is 13.5. The van der Waals surface area contributed by atoms with Crippen LogP contribution in [0, 0.1) is 0 Å². The lowest BCUT2D eigenvalue weighted by Gasteiger charge is -2.29. The zero-order valence-corrected chi connectivity index (χ0v) is 36.3. The van der Waals surface area contributed by atoms with Crippen LogP contribution in [0.3, 0.4) is 0 Å². The number of furan rings is 1. The average molecular weight is 848 g/mol. The molecule has 0 bridgehead atoms. The highest BCUT2D eigenvalue weighted by molar-refractivity contribution is 7.26. The summed E-state index contributed by atoms with van der Waals surface area (Å²) in [6.07, 6.45) is 0.976. The summed E-state index contributed by atoms with van der Waals surface area (Å²) >= 11 is 1.87. The number of benzene rings is 10. The van der Waals surface area contributed by atoms with E-state index in [0.717, 1.165) is 56.5 Å². The maximum Gasteiger partial charge on any atom is 0.143 e. The van der Waals surface area contributed by atoms with E-state index < -0.39 is 0 Å². The Morgan fingerprint density at radius 2 is 0.969 bits per heavy atom. The first-order valence-corrected chi connectivity index (χ1v) is 23.2. The van der Waals surface area contributed by atoms with Crippen molar-refractivity contribution in [3.05, 3.63) is 247 Å². The number of nitrogens with zero attached hydrogens (tertiary/aromatic N) is 1. The van der Waals surface area contributed by atoms with Gasteiger partial charge in [0.05, 0.1) is 0 Å². The molecule has 0 spiro atoms. The Morgan fingerprint density at radius 3 is 1.74 bits per heavy atom. The molecule has 2 nitrogen and oxygen atoms in total. The molecule has 2 heterocycles. The van der Waals surface area contributed by atoms with Crippen molar-refractivity contribution in [1.29, 1.82) is 0 Å². The largest absolute Gasteiger partial charge is 0.455 e. The fraction of sp³-hybridized carbons (Fsp3) is 0.0323. The van der Waals surface area contributed by atoms with E-state index in [2.05, 4.69) is 223 Å². The molecule has 1 atom stereocenters. The molecule has 306 valence electrons. The first-order chi connectivity index (χ1) is 32.2. The molecule has 1 aliphatic carbocycles. The second-order valence-electron chi connectivity index (χ2n) is 17.2. The van der Waals surface area contributed by atoms with Crippen LogP contribution < -0.4 is 4.90 Å². The molecule has 13 rings (SSSR count). The molecule has 65 heavy (non-hydrogen) atoms. The van der Waals surface area contributed by atoms with Gasteiger partial charge in [0, 0.05) is 59.5 Å². The van der Waals surface area contributed by atoms with Crippen LogP contribution in [0.15, 0.2) is 235 Å². The van der Waals surface area contributed by atoms with Crippen LogP contribution in [0.2, 0.25) is 0 Å². The van der Waals surface area contributed by atoms with Gasteiger partial charge in [0.1, 0.15) is 11.2 Å². The monoisotopic (exact) mass is 847 g/mol. The Morgan fingerprint density at radius 1 is 0.400 bits per heavy atom. The van der Waals surface area contributed by atoms with E-state index in [-0.39, 0.29) is 0 Å². The molecule has 1 aliphatic rings. The minimum absolute atomic E-state index is 0.327. The predicted molar refractivity (Wildman–Crippen MR) is 275 cm³/mol. The van der Waals surface area contributed by atoms with Gasteiger partial charge in [0.15, 0.2) is 0 Å². The molecular weight excluding hydrogens is 807 g/mol. The van der Waals surface area contributed by atoms with E-state index in [1.807, 2.05) is 23.5 Å². The van der Waals surface area contributed by atoms with Crippen molar-refractivity contribution >= 4 is 70.5 Å². The minimum atomic E-state index is 0.327. The third kappa shape index (κ3) is 6.38. The van der Waals surface area contributed by atoms with Gasteiger partial charge in [-0.3, -0.25) is 0 Å². The maximum absolute atomic E-state index is 6.46. The summed E-state index contributed by atoms with van der Waals surface area (Å²) in [6, 6.07) is 84.2. The van der Waals surface area contributed by atoms with Gasteiger partial charge in [0.2, 0.25) is 0 Å². The fourth-order valence-electron chi connectivity index (χ4n) is 10.3. The van der Waals surface area contributed by atoms with Gasteiger partial charge in [-0.15, -0.1) is 11.3 Å². The predicted octanol–water partition coefficient (Wildman–Crippen LogP) is 17.8. The molecule has 0 saturated carbocycles.